The molecule has 0 aliphatic heterocycles. The van der Waals surface area contributed by atoms with Crippen molar-refractivity contribution in [3.05, 3.63) is 48.5 Å². The quantitative estimate of drug-likeness (QED) is 0.589. The smallest absolute Gasteiger partial charge is 0.197 e. The molecule has 0 spiro atoms. The van der Waals surface area contributed by atoms with Crippen molar-refractivity contribution in [3.8, 4) is 34.6 Å². The lowest BCUT2D eigenvalue weighted by Gasteiger charge is -2.12. The van der Waals surface area contributed by atoms with Crippen molar-refractivity contribution in [3.63, 3.8) is 0 Å². The SMILES string of the molecule is CCOc1ccc(-n2c(SCC#N)nnc2-c2ccccc2OC)cc1. The fraction of sp³-hybridized carbons (Fsp3) is 0.211. The number of thioether (sulfide) groups is 1. The van der Waals surface area contributed by atoms with E-state index in [2.05, 4.69) is 16.3 Å². The summed E-state index contributed by atoms with van der Waals surface area (Å²) in [5, 5.41) is 18.2. The first kappa shape index (κ1) is 17.8. The Kier molecular flexibility index (Phi) is 5.77. The summed E-state index contributed by atoms with van der Waals surface area (Å²) in [6.45, 7) is 2.56. The van der Waals surface area contributed by atoms with Crippen molar-refractivity contribution in [1.29, 1.82) is 5.26 Å². The second kappa shape index (κ2) is 8.41. The van der Waals surface area contributed by atoms with Crippen LogP contribution >= 0.6 is 11.8 Å². The molecule has 0 aliphatic rings. The summed E-state index contributed by atoms with van der Waals surface area (Å²) in [4.78, 5) is 0. The van der Waals surface area contributed by atoms with Crippen LogP contribution in [-0.2, 0) is 0 Å². The number of hydrogen-bond acceptors (Lipinski definition) is 6. The molecule has 3 aromatic rings. The van der Waals surface area contributed by atoms with Gasteiger partial charge in [-0.15, -0.1) is 10.2 Å². The van der Waals surface area contributed by atoms with Crippen molar-refractivity contribution in [1.82, 2.24) is 14.8 Å². The Hall–Kier alpha value is -2.98. The Morgan fingerprint density at radius 3 is 2.58 bits per heavy atom. The molecule has 0 N–H and O–H groups in total. The van der Waals surface area contributed by atoms with Crippen molar-refractivity contribution >= 4 is 11.8 Å². The molecule has 0 fully saturated rings. The van der Waals surface area contributed by atoms with E-state index in [4.69, 9.17) is 14.7 Å². The first-order chi connectivity index (χ1) is 12.8. The molecule has 1 aromatic heterocycles. The minimum atomic E-state index is 0.293. The molecule has 0 bridgehead atoms. The zero-order valence-corrected chi connectivity index (χ0v) is 15.4. The highest BCUT2D eigenvalue weighted by atomic mass is 32.2. The summed E-state index contributed by atoms with van der Waals surface area (Å²) in [7, 11) is 1.63. The molecular weight excluding hydrogens is 348 g/mol. The molecule has 1 heterocycles. The van der Waals surface area contributed by atoms with Crippen LogP contribution < -0.4 is 9.47 Å². The minimum Gasteiger partial charge on any atom is -0.496 e. The summed E-state index contributed by atoms with van der Waals surface area (Å²) in [5.41, 5.74) is 1.72. The number of nitriles is 1. The first-order valence-electron chi connectivity index (χ1n) is 8.10. The molecule has 0 saturated heterocycles. The Morgan fingerprint density at radius 2 is 1.88 bits per heavy atom. The molecule has 0 amide bonds. The fourth-order valence-electron chi connectivity index (χ4n) is 2.55. The van der Waals surface area contributed by atoms with Crippen LogP contribution in [0.15, 0.2) is 53.7 Å². The van der Waals surface area contributed by atoms with Gasteiger partial charge < -0.3 is 9.47 Å². The van der Waals surface area contributed by atoms with Crippen LogP contribution in [-0.4, -0.2) is 34.2 Å². The number of benzene rings is 2. The number of rotatable bonds is 7. The maximum Gasteiger partial charge on any atom is 0.197 e. The largest absolute Gasteiger partial charge is 0.496 e. The number of para-hydroxylation sites is 1. The molecular formula is C19H18N4O2S. The van der Waals surface area contributed by atoms with Gasteiger partial charge in [0.05, 0.1) is 36.8 Å². The predicted octanol–water partition coefficient (Wildman–Crippen LogP) is 3.96. The Morgan fingerprint density at radius 1 is 1.12 bits per heavy atom. The van der Waals surface area contributed by atoms with E-state index in [1.807, 2.05) is 60.0 Å². The van der Waals surface area contributed by atoms with Gasteiger partial charge in [0.2, 0.25) is 0 Å². The third kappa shape index (κ3) is 3.65. The van der Waals surface area contributed by atoms with Crippen LogP contribution in [0.3, 0.4) is 0 Å². The van der Waals surface area contributed by atoms with Gasteiger partial charge in [-0.2, -0.15) is 5.26 Å². The van der Waals surface area contributed by atoms with Gasteiger partial charge in [0.15, 0.2) is 11.0 Å². The third-order valence-electron chi connectivity index (χ3n) is 3.65. The fourth-order valence-corrected chi connectivity index (χ4v) is 3.17. The second-order valence-electron chi connectivity index (χ2n) is 5.22. The van der Waals surface area contributed by atoms with E-state index in [-0.39, 0.29) is 0 Å². The number of methoxy groups -OCH3 is 1. The van der Waals surface area contributed by atoms with Crippen molar-refractivity contribution in [2.45, 2.75) is 12.1 Å². The number of hydrogen-bond donors (Lipinski definition) is 0. The van der Waals surface area contributed by atoms with Gasteiger partial charge in [0, 0.05) is 0 Å². The zero-order valence-electron chi connectivity index (χ0n) is 14.5. The number of aromatic nitrogens is 3. The monoisotopic (exact) mass is 366 g/mol. The van der Waals surface area contributed by atoms with Gasteiger partial charge in [-0.25, -0.2) is 0 Å². The second-order valence-corrected chi connectivity index (χ2v) is 6.16. The zero-order chi connectivity index (χ0) is 18.4. The normalized spacial score (nSPS) is 10.3. The lowest BCUT2D eigenvalue weighted by molar-refractivity contribution is 0.340. The van der Waals surface area contributed by atoms with Crippen LogP contribution in [0.5, 0.6) is 11.5 Å². The number of ether oxygens (including phenoxy) is 2. The van der Waals surface area contributed by atoms with E-state index in [0.717, 1.165) is 17.0 Å². The van der Waals surface area contributed by atoms with Gasteiger partial charge in [-0.3, -0.25) is 4.57 Å². The van der Waals surface area contributed by atoms with Gasteiger partial charge >= 0.3 is 0 Å². The van der Waals surface area contributed by atoms with E-state index in [1.54, 1.807) is 7.11 Å². The van der Waals surface area contributed by atoms with Crippen LogP contribution in [0.1, 0.15) is 6.92 Å². The van der Waals surface area contributed by atoms with E-state index in [9.17, 15) is 0 Å². The molecule has 0 saturated carbocycles. The average Bonchev–Trinajstić information content (AvgIpc) is 3.10. The summed E-state index contributed by atoms with van der Waals surface area (Å²) in [5.74, 6) is 2.46. The van der Waals surface area contributed by atoms with Gasteiger partial charge in [-0.05, 0) is 43.3 Å². The highest BCUT2D eigenvalue weighted by Gasteiger charge is 2.18. The van der Waals surface area contributed by atoms with Crippen LogP contribution in [0.4, 0.5) is 0 Å². The van der Waals surface area contributed by atoms with Gasteiger partial charge in [-0.1, -0.05) is 23.9 Å². The standard InChI is InChI=1S/C19H18N4O2S/c1-3-25-15-10-8-14(9-11-15)23-18(21-22-19(23)26-13-12-20)16-6-4-5-7-17(16)24-2/h4-11H,3,13H2,1-2H3. The van der Waals surface area contributed by atoms with Crippen LogP contribution in [0, 0.1) is 11.3 Å². The molecule has 7 heteroatoms. The maximum absolute atomic E-state index is 8.93. The molecule has 132 valence electrons. The Balaban J connectivity index is 2.11. The maximum atomic E-state index is 8.93. The van der Waals surface area contributed by atoms with Crippen molar-refractivity contribution in [2.75, 3.05) is 19.5 Å². The summed E-state index contributed by atoms with van der Waals surface area (Å²) < 4.78 is 12.9. The Bertz CT molecular complexity index is 916. The van der Waals surface area contributed by atoms with Crippen LogP contribution in [0.25, 0.3) is 17.1 Å². The molecule has 0 atom stereocenters. The van der Waals surface area contributed by atoms with E-state index in [1.165, 1.54) is 11.8 Å². The molecule has 0 radical (unpaired) electrons. The van der Waals surface area contributed by atoms with E-state index < -0.39 is 0 Å². The summed E-state index contributed by atoms with van der Waals surface area (Å²) >= 11 is 1.34. The van der Waals surface area contributed by atoms with Crippen LogP contribution in [0.2, 0.25) is 0 Å². The molecule has 26 heavy (non-hydrogen) atoms. The molecule has 2 aromatic carbocycles. The summed E-state index contributed by atoms with van der Waals surface area (Å²) in [6, 6.07) is 17.5. The highest BCUT2D eigenvalue weighted by molar-refractivity contribution is 7.99. The van der Waals surface area contributed by atoms with Gasteiger partial charge in [0.1, 0.15) is 11.5 Å². The highest BCUT2D eigenvalue weighted by Crippen LogP contribution is 2.33. The minimum absolute atomic E-state index is 0.293. The van der Waals surface area contributed by atoms with Gasteiger partial charge in [0.25, 0.3) is 0 Å². The Labute approximate surface area is 156 Å². The van der Waals surface area contributed by atoms with E-state index >= 15 is 0 Å². The molecule has 3 rings (SSSR count). The predicted molar refractivity (Wildman–Crippen MR) is 101 cm³/mol. The topological polar surface area (TPSA) is 73.0 Å². The molecule has 0 unspecified atom stereocenters. The lowest BCUT2D eigenvalue weighted by Crippen LogP contribution is -2.01. The average molecular weight is 366 g/mol. The molecule has 0 aliphatic carbocycles. The first-order valence-corrected chi connectivity index (χ1v) is 9.08. The molecule has 6 nitrogen and oxygen atoms in total. The van der Waals surface area contributed by atoms with Crippen molar-refractivity contribution in [2.24, 2.45) is 0 Å². The number of nitrogens with zero attached hydrogens (tertiary/aromatic N) is 4. The third-order valence-corrected chi connectivity index (χ3v) is 4.45. The van der Waals surface area contributed by atoms with Crippen molar-refractivity contribution < 1.29 is 9.47 Å². The lowest BCUT2D eigenvalue weighted by atomic mass is 10.2. The van der Waals surface area contributed by atoms with E-state index in [0.29, 0.717) is 29.1 Å². The summed E-state index contributed by atoms with van der Waals surface area (Å²) in [6.07, 6.45) is 0.